The van der Waals surface area contributed by atoms with Gasteiger partial charge in [0.25, 0.3) is 10.2 Å². The summed E-state index contributed by atoms with van der Waals surface area (Å²) in [6, 6.07) is -0.948. The SMILES string of the molecule is CC1CCN(S(=O)(=O)N2CCOCC2)C(C(=O)O)C1. The molecule has 1 N–H and O–H groups in total. The van der Waals surface area contributed by atoms with Crippen LogP contribution in [0, 0.1) is 5.92 Å². The van der Waals surface area contributed by atoms with Crippen molar-refractivity contribution in [3.05, 3.63) is 0 Å². The van der Waals surface area contributed by atoms with Crippen LogP contribution in [-0.2, 0) is 19.7 Å². The van der Waals surface area contributed by atoms with Gasteiger partial charge < -0.3 is 9.84 Å². The molecule has 2 heterocycles. The second-order valence-electron chi connectivity index (χ2n) is 5.11. The lowest BCUT2D eigenvalue weighted by atomic mass is 9.94. The summed E-state index contributed by atoms with van der Waals surface area (Å²) in [5.41, 5.74) is 0. The summed E-state index contributed by atoms with van der Waals surface area (Å²) in [4.78, 5) is 11.3. The summed E-state index contributed by atoms with van der Waals surface area (Å²) in [5, 5.41) is 9.24. The average molecular weight is 292 g/mol. The van der Waals surface area contributed by atoms with Gasteiger partial charge >= 0.3 is 5.97 Å². The Labute approximate surface area is 113 Å². The third-order valence-electron chi connectivity index (χ3n) is 3.69. The average Bonchev–Trinajstić information content (AvgIpc) is 2.39. The van der Waals surface area contributed by atoms with Gasteiger partial charge in [-0.2, -0.15) is 17.0 Å². The van der Waals surface area contributed by atoms with Crippen molar-refractivity contribution in [2.45, 2.75) is 25.8 Å². The van der Waals surface area contributed by atoms with Crippen molar-refractivity contribution in [3.8, 4) is 0 Å². The molecule has 0 saturated carbocycles. The quantitative estimate of drug-likeness (QED) is 0.775. The molecule has 2 aliphatic heterocycles. The smallest absolute Gasteiger partial charge is 0.322 e. The van der Waals surface area contributed by atoms with Crippen molar-refractivity contribution in [2.75, 3.05) is 32.8 Å². The normalized spacial score (nSPS) is 31.2. The Morgan fingerprint density at radius 1 is 1.26 bits per heavy atom. The molecule has 2 fully saturated rings. The highest BCUT2D eigenvalue weighted by molar-refractivity contribution is 7.86. The van der Waals surface area contributed by atoms with E-state index in [4.69, 9.17) is 4.74 Å². The zero-order valence-electron chi connectivity index (χ0n) is 11.0. The van der Waals surface area contributed by atoms with E-state index >= 15 is 0 Å². The summed E-state index contributed by atoms with van der Waals surface area (Å²) in [5.74, 6) is -0.833. The Balaban J connectivity index is 2.19. The van der Waals surface area contributed by atoms with E-state index in [9.17, 15) is 18.3 Å². The molecule has 0 radical (unpaired) electrons. The summed E-state index contributed by atoms with van der Waals surface area (Å²) >= 11 is 0. The van der Waals surface area contributed by atoms with Gasteiger partial charge in [0.2, 0.25) is 0 Å². The molecule has 19 heavy (non-hydrogen) atoms. The van der Waals surface area contributed by atoms with Crippen molar-refractivity contribution in [1.82, 2.24) is 8.61 Å². The van der Waals surface area contributed by atoms with E-state index in [2.05, 4.69) is 0 Å². The van der Waals surface area contributed by atoms with Crippen LogP contribution in [0.1, 0.15) is 19.8 Å². The first kappa shape index (κ1) is 14.7. The fourth-order valence-corrected chi connectivity index (χ4v) is 4.29. The number of ether oxygens (including phenoxy) is 1. The number of piperidine rings is 1. The predicted molar refractivity (Wildman–Crippen MR) is 67.8 cm³/mol. The second-order valence-corrected chi connectivity index (χ2v) is 6.99. The Hall–Kier alpha value is -0.700. The maximum Gasteiger partial charge on any atom is 0.322 e. The number of morpholine rings is 1. The Morgan fingerprint density at radius 2 is 1.89 bits per heavy atom. The largest absolute Gasteiger partial charge is 0.480 e. The number of nitrogens with zero attached hydrogens (tertiary/aromatic N) is 2. The van der Waals surface area contributed by atoms with Gasteiger partial charge in [-0.15, -0.1) is 0 Å². The van der Waals surface area contributed by atoms with Crippen molar-refractivity contribution in [3.63, 3.8) is 0 Å². The number of hydrogen-bond donors (Lipinski definition) is 1. The van der Waals surface area contributed by atoms with Crippen molar-refractivity contribution < 1.29 is 23.1 Å². The second kappa shape index (κ2) is 5.74. The van der Waals surface area contributed by atoms with Crippen molar-refractivity contribution >= 4 is 16.2 Å². The summed E-state index contributed by atoms with van der Waals surface area (Å²) in [7, 11) is -3.70. The maximum atomic E-state index is 12.5. The molecule has 2 saturated heterocycles. The number of rotatable bonds is 3. The first-order chi connectivity index (χ1) is 8.93. The van der Waals surface area contributed by atoms with Gasteiger partial charge in [0, 0.05) is 19.6 Å². The lowest BCUT2D eigenvalue weighted by Crippen LogP contribution is -2.56. The molecular weight excluding hydrogens is 272 g/mol. The third-order valence-corrected chi connectivity index (χ3v) is 5.74. The lowest BCUT2D eigenvalue weighted by Gasteiger charge is -2.38. The van der Waals surface area contributed by atoms with Gasteiger partial charge in [-0.1, -0.05) is 6.92 Å². The van der Waals surface area contributed by atoms with Crippen molar-refractivity contribution in [1.29, 1.82) is 0 Å². The first-order valence-electron chi connectivity index (χ1n) is 6.50. The maximum absolute atomic E-state index is 12.5. The zero-order chi connectivity index (χ0) is 14.0. The van der Waals surface area contributed by atoms with Gasteiger partial charge in [0.05, 0.1) is 13.2 Å². The summed E-state index contributed by atoms with van der Waals surface area (Å²) in [6.07, 6.45) is 1.08. The van der Waals surface area contributed by atoms with E-state index in [1.165, 1.54) is 4.31 Å². The lowest BCUT2D eigenvalue weighted by molar-refractivity contribution is -0.143. The highest BCUT2D eigenvalue weighted by atomic mass is 32.2. The minimum absolute atomic E-state index is 0.234. The van der Waals surface area contributed by atoms with Gasteiger partial charge in [-0.05, 0) is 18.8 Å². The molecule has 0 aliphatic carbocycles. The molecule has 0 bridgehead atoms. The van der Waals surface area contributed by atoms with Gasteiger partial charge in [0.1, 0.15) is 6.04 Å². The summed E-state index contributed by atoms with van der Waals surface area (Å²) < 4.78 is 32.6. The zero-order valence-corrected chi connectivity index (χ0v) is 11.8. The van der Waals surface area contributed by atoms with E-state index in [-0.39, 0.29) is 12.5 Å². The van der Waals surface area contributed by atoms with E-state index in [0.717, 1.165) is 4.31 Å². The van der Waals surface area contributed by atoms with Crippen molar-refractivity contribution in [2.24, 2.45) is 5.92 Å². The molecule has 2 unspecified atom stereocenters. The number of carboxylic acid groups (broad SMARTS) is 1. The topological polar surface area (TPSA) is 87.2 Å². The van der Waals surface area contributed by atoms with E-state index in [1.807, 2.05) is 6.92 Å². The number of carbonyl (C=O) groups is 1. The Bertz CT molecular complexity index is 432. The van der Waals surface area contributed by atoms with E-state index in [1.54, 1.807) is 0 Å². The Morgan fingerprint density at radius 3 is 2.47 bits per heavy atom. The highest BCUT2D eigenvalue weighted by Gasteiger charge is 2.41. The van der Waals surface area contributed by atoms with Crippen LogP contribution in [0.3, 0.4) is 0 Å². The molecule has 7 nitrogen and oxygen atoms in total. The molecular formula is C11H20N2O5S. The molecule has 0 amide bonds. The fourth-order valence-electron chi connectivity index (χ4n) is 2.55. The van der Waals surface area contributed by atoms with Crippen LogP contribution in [0.5, 0.6) is 0 Å². The van der Waals surface area contributed by atoms with Crippen LogP contribution >= 0.6 is 0 Å². The molecule has 0 aromatic rings. The molecule has 110 valence electrons. The van der Waals surface area contributed by atoms with Crippen LogP contribution in [0.4, 0.5) is 0 Å². The van der Waals surface area contributed by atoms with Crippen LogP contribution < -0.4 is 0 Å². The van der Waals surface area contributed by atoms with Crippen LogP contribution in [-0.4, -0.2) is 67.0 Å². The molecule has 8 heteroatoms. The van der Waals surface area contributed by atoms with E-state index < -0.39 is 22.2 Å². The minimum atomic E-state index is -3.70. The summed E-state index contributed by atoms with van der Waals surface area (Å²) in [6.45, 7) is 3.54. The van der Waals surface area contributed by atoms with E-state index in [0.29, 0.717) is 39.1 Å². The number of carboxylic acids is 1. The molecule has 0 aromatic carbocycles. The Kier molecular flexibility index (Phi) is 4.44. The first-order valence-corrected chi connectivity index (χ1v) is 7.90. The molecule has 0 spiro atoms. The molecule has 2 aliphatic rings. The van der Waals surface area contributed by atoms with Gasteiger partial charge in [-0.25, -0.2) is 0 Å². The van der Waals surface area contributed by atoms with Gasteiger partial charge in [0.15, 0.2) is 0 Å². The minimum Gasteiger partial charge on any atom is -0.480 e. The fraction of sp³-hybridized carbons (Fsp3) is 0.909. The highest BCUT2D eigenvalue weighted by Crippen LogP contribution is 2.27. The van der Waals surface area contributed by atoms with Gasteiger partial charge in [-0.3, -0.25) is 4.79 Å². The molecule has 2 atom stereocenters. The molecule has 0 aromatic heterocycles. The van der Waals surface area contributed by atoms with Crippen LogP contribution in [0.15, 0.2) is 0 Å². The molecule has 2 rings (SSSR count). The van der Waals surface area contributed by atoms with Crippen LogP contribution in [0.25, 0.3) is 0 Å². The number of aliphatic carboxylic acids is 1. The monoisotopic (exact) mass is 292 g/mol. The number of hydrogen-bond acceptors (Lipinski definition) is 4. The predicted octanol–water partition coefficient (Wildman–Crippen LogP) is -0.251. The van der Waals surface area contributed by atoms with Crippen LogP contribution in [0.2, 0.25) is 0 Å². The standard InChI is InChI=1S/C11H20N2O5S/c1-9-2-3-13(10(8-9)11(14)15)19(16,17)12-4-6-18-7-5-12/h9-10H,2-8H2,1H3,(H,14,15). The third kappa shape index (κ3) is 3.07.